The van der Waals surface area contributed by atoms with Gasteiger partial charge in [0.1, 0.15) is 20.2 Å². The smallest absolute Gasteiger partial charge is 0.744 e. The fourth-order valence-electron chi connectivity index (χ4n) is 6.69. The van der Waals surface area contributed by atoms with Crippen molar-refractivity contribution in [2.45, 2.75) is 216 Å². The van der Waals surface area contributed by atoms with Crippen molar-refractivity contribution < 1.29 is 25.9 Å². The molecule has 0 aliphatic rings. The maximum Gasteiger partial charge on any atom is 2.00 e. The van der Waals surface area contributed by atoms with Crippen molar-refractivity contribution in [3.8, 4) is 0 Å². The molecule has 53 heavy (non-hydrogen) atoms. The molecule has 0 aromatic heterocycles. The maximum atomic E-state index is 10.9. The minimum Gasteiger partial charge on any atom is -0.744 e. The Balaban J connectivity index is 0.00000100. The van der Waals surface area contributed by atoms with E-state index < -0.39 is 20.2 Å². The summed E-state index contributed by atoms with van der Waals surface area (Å²) in [7, 11) is -8.64. The van der Waals surface area contributed by atoms with Gasteiger partial charge in [-0.3, -0.25) is 0 Å². The van der Waals surface area contributed by atoms with Crippen molar-refractivity contribution in [1.82, 2.24) is 0 Å². The molecule has 0 amide bonds. The van der Waals surface area contributed by atoms with Gasteiger partial charge in [0, 0.05) is 0 Å². The molecule has 2 aromatic rings. The van der Waals surface area contributed by atoms with Crippen molar-refractivity contribution in [2.75, 3.05) is 0 Å². The van der Waals surface area contributed by atoms with Crippen LogP contribution in [0.1, 0.15) is 205 Å². The van der Waals surface area contributed by atoms with Crippen molar-refractivity contribution in [3.05, 3.63) is 59.7 Å². The first-order valence-electron chi connectivity index (χ1n) is 21.2. The summed E-state index contributed by atoms with van der Waals surface area (Å²) in [4.78, 5) is -0.274. The quantitative estimate of drug-likeness (QED) is 0.0413. The minimum atomic E-state index is -4.32. The Morgan fingerprint density at radius 2 is 0.528 bits per heavy atom. The summed E-state index contributed by atoms with van der Waals surface area (Å²) in [6, 6.07) is 12.7. The van der Waals surface area contributed by atoms with E-state index in [4.69, 9.17) is 0 Å². The van der Waals surface area contributed by atoms with Gasteiger partial charge in [-0.15, -0.1) is 0 Å². The zero-order valence-corrected chi connectivity index (χ0v) is 37.6. The number of aryl methyl sites for hydroxylation is 2. The molecule has 0 aliphatic carbocycles. The van der Waals surface area contributed by atoms with Crippen LogP contribution in [0.3, 0.4) is 0 Å². The van der Waals surface area contributed by atoms with E-state index in [1.165, 1.54) is 191 Å². The fraction of sp³-hybridized carbons (Fsp3) is 0.727. The Morgan fingerprint density at radius 1 is 0.340 bits per heavy atom. The van der Waals surface area contributed by atoms with Crippen molar-refractivity contribution in [2.24, 2.45) is 0 Å². The third kappa shape index (κ3) is 31.3. The second kappa shape index (κ2) is 34.7. The normalized spacial score (nSPS) is 11.5. The third-order valence-electron chi connectivity index (χ3n) is 10.1. The van der Waals surface area contributed by atoms with Gasteiger partial charge in [0.05, 0.1) is 9.79 Å². The van der Waals surface area contributed by atoms with Gasteiger partial charge >= 0.3 is 37.7 Å². The molecule has 9 heteroatoms. The standard InChI is InChI=1S/2C22H38O3S.Ca/c2*1-2-3-4-5-6-7-8-9-10-11-12-13-14-15-16-21-17-19-22(20-18-21)26(23,24)25;/h2*17-20H,2-16H2,1H3,(H,23,24,25);/q;;+2/p-2. The van der Waals surface area contributed by atoms with E-state index in [2.05, 4.69) is 13.8 Å². The minimum absolute atomic E-state index is 0. The molecule has 0 saturated heterocycles. The van der Waals surface area contributed by atoms with Crippen molar-refractivity contribution >= 4 is 58.0 Å². The fourth-order valence-corrected chi connectivity index (χ4v) is 7.63. The van der Waals surface area contributed by atoms with E-state index in [-0.39, 0.29) is 47.5 Å². The van der Waals surface area contributed by atoms with Crippen LogP contribution in [0.25, 0.3) is 0 Å². The topological polar surface area (TPSA) is 114 Å². The number of benzene rings is 2. The van der Waals surface area contributed by atoms with Gasteiger partial charge in [-0.1, -0.05) is 205 Å². The summed E-state index contributed by atoms with van der Waals surface area (Å²) in [6.45, 7) is 4.53. The van der Waals surface area contributed by atoms with Gasteiger partial charge in [0.25, 0.3) is 0 Å². The molecule has 0 radical (unpaired) electrons. The maximum absolute atomic E-state index is 10.9. The van der Waals surface area contributed by atoms with Crippen LogP contribution in [0.2, 0.25) is 0 Å². The molecule has 0 atom stereocenters. The first kappa shape index (κ1) is 52.5. The number of rotatable bonds is 32. The summed E-state index contributed by atoms with van der Waals surface area (Å²) in [5.74, 6) is 0. The molecule has 0 spiro atoms. The largest absolute Gasteiger partial charge is 2.00 e. The molecule has 0 bridgehead atoms. The van der Waals surface area contributed by atoms with Crippen LogP contribution in [0.4, 0.5) is 0 Å². The summed E-state index contributed by atoms with van der Waals surface area (Å²) in [5, 5.41) is 0. The molecule has 2 aromatic carbocycles. The zero-order chi connectivity index (χ0) is 38.2. The Labute approximate surface area is 357 Å². The van der Waals surface area contributed by atoms with Crippen molar-refractivity contribution in [3.63, 3.8) is 0 Å². The SMILES string of the molecule is CCCCCCCCCCCCCCCCc1ccc(S(=O)(=O)[O-])cc1.CCCCCCCCCCCCCCCCc1ccc(S(=O)(=O)[O-])cc1.[Ca+2]. The molecule has 6 nitrogen and oxygen atoms in total. The first-order valence-corrected chi connectivity index (χ1v) is 24.0. The third-order valence-corrected chi connectivity index (χ3v) is 11.8. The van der Waals surface area contributed by atoms with Crippen LogP contribution in [-0.2, 0) is 33.1 Å². The van der Waals surface area contributed by atoms with E-state index in [9.17, 15) is 25.9 Å². The Morgan fingerprint density at radius 3 is 0.717 bits per heavy atom. The van der Waals surface area contributed by atoms with Crippen LogP contribution in [-0.4, -0.2) is 63.7 Å². The molecule has 0 saturated carbocycles. The number of unbranched alkanes of at least 4 members (excludes halogenated alkanes) is 26. The van der Waals surface area contributed by atoms with Crippen LogP contribution in [0.5, 0.6) is 0 Å². The predicted octanol–water partition coefficient (Wildman–Crippen LogP) is 12.8. The van der Waals surface area contributed by atoms with Gasteiger partial charge in [-0.25, -0.2) is 16.8 Å². The molecule has 2 rings (SSSR count). The number of hydrogen-bond acceptors (Lipinski definition) is 6. The van der Waals surface area contributed by atoms with E-state index in [1.54, 1.807) is 24.3 Å². The second-order valence-electron chi connectivity index (χ2n) is 14.9. The monoisotopic (exact) mass is 802 g/mol. The molecular formula is C44H74CaO6S2. The molecular weight excluding hydrogens is 729 g/mol. The molecule has 0 heterocycles. The summed E-state index contributed by atoms with van der Waals surface area (Å²) in [6.07, 6.45) is 39.7. The molecule has 0 N–H and O–H groups in total. The van der Waals surface area contributed by atoms with Crippen LogP contribution < -0.4 is 0 Å². The van der Waals surface area contributed by atoms with Gasteiger partial charge in [0.2, 0.25) is 0 Å². The van der Waals surface area contributed by atoms with E-state index >= 15 is 0 Å². The van der Waals surface area contributed by atoms with E-state index in [0.717, 1.165) is 36.8 Å². The second-order valence-corrected chi connectivity index (χ2v) is 17.6. The molecule has 0 fully saturated rings. The summed E-state index contributed by atoms with van der Waals surface area (Å²) < 4.78 is 65.3. The molecule has 0 aliphatic heterocycles. The summed E-state index contributed by atoms with van der Waals surface area (Å²) in [5.41, 5.74) is 2.22. The zero-order valence-electron chi connectivity index (χ0n) is 33.8. The van der Waals surface area contributed by atoms with Crippen molar-refractivity contribution in [1.29, 1.82) is 0 Å². The molecule has 300 valence electrons. The average Bonchev–Trinajstić information content (AvgIpc) is 3.12. The Kier molecular flexibility index (Phi) is 34.4. The van der Waals surface area contributed by atoms with Gasteiger partial charge in [-0.2, -0.15) is 0 Å². The summed E-state index contributed by atoms with van der Waals surface area (Å²) >= 11 is 0. The van der Waals surface area contributed by atoms with Crippen LogP contribution in [0, 0.1) is 0 Å². The Bertz CT molecular complexity index is 1210. The van der Waals surface area contributed by atoms with Crippen LogP contribution >= 0.6 is 0 Å². The Hall–Kier alpha value is -0.480. The molecule has 0 unspecified atom stereocenters. The number of hydrogen-bond donors (Lipinski definition) is 0. The first-order chi connectivity index (χ1) is 25.1. The van der Waals surface area contributed by atoms with Gasteiger partial charge in [0.15, 0.2) is 0 Å². The van der Waals surface area contributed by atoms with E-state index in [0.29, 0.717) is 0 Å². The van der Waals surface area contributed by atoms with E-state index in [1.807, 2.05) is 0 Å². The van der Waals surface area contributed by atoms with Crippen LogP contribution in [0.15, 0.2) is 58.3 Å². The average molecular weight is 803 g/mol. The van der Waals surface area contributed by atoms with Gasteiger partial charge < -0.3 is 9.11 Å². The van der Waals surface area contributed by atoms with Gasteiger partial charge in [-0.05, 0) is 61.1 Å². The predicted molar refractivity (Wildman–Crippen MR) is 223 cm³/mol.